The number of aliphatic hydroxyl groups excluding tert-OH is 1. The molecule has 0 bridgehead atoms. The summed E-state index contributed by atoms with van der Waals surface area (Å²) in [6, 6.07) is 0. The van der Waals surface area contributed by atoms with Gasteiger partial charge in [-0.3, -0.25) is 0 Å². The summed E-state index contributed by atoms with van der Waals surface area (Å²) < 4.78 is 4.51. The predicted octanol–water partition coefficient (Wildman–Crippen LogP) is -0.415. The van der Waals surface area contributed by atoms with Crippen molar-refractivity contribution in [3.63, 3.8) is 0 Å². The Labute approximate surface area is 47.7 Å². The third-order valence-corrected chi connectivity index (χ3v) is 0.564. The first-order valence-corrected chi connectivity index (χ1v) is 2.10. The van der Waals surface area contributed by atoms with E-state index in [-0.39, 0.29) is 12.5 Å². The molecule has 0 amide bonds. The second kappa shape index (κ2) is 4.39. The maximum absolute atomic E-state index is 8.32. The van der Waals surface area contributed by atoms with Crippen molar-refractivity contribution in [2.45, 2.75) is 0 Å². The first-order chi connectivity index (χ1) is 3.85. The van der Waals surface area contributed by atoms with Gasteiger partial charge in [-0.1, -0.05) is 0 Å². The molecule has 0 aromatic heterocycles. The molecule has 0 fully saturated rings. The lowest BCUT2D eigenvalue weighted by molar-refractivity contribution is 0.188. The minimum atomic E-state index is -0.232. The van der Waals surface area contributed by atoms with Crippen molar-refractivity contribution in [1.82, 2.24) is 0 Å². The van der Waals surface area contributed by atoms with E-state index in [0.29, 0.717) is 0 Å². The Hall–Kier alpha value is -0.770. The van der Waals surface area contributed by atoms with Crippen molar-refractivity contribution in [1.29, 1.82) is 0 Å². The molecule has 0 saturated carbocycles. The zero-order chi connectivity index (χ0) is 6.41. The minimum Gasteiger partial charge on any atom is -0.480 e. The summed E-state index contributed by atoms with van der Waals surface area (Å²) in [4.78, 5) is 4.29. The average molecular weight is 119 g/mol. The van der Waals surface area contributed by atoms with Gasteiger partial charge < -0.3 is 14.7 Å². The number of hydrogen-bond acceptors (Lipinski definition) is 4. The second-order valence-corrected chi connectivity index (χ2v) is 1.03. The second-order valence-electron chi connectivity index (χ2n) is 1.03. The van der Waals surface area contributed by atoms with E-state index < -0.39 is 0 Å². The van der Waals surface area contributed by atoms with Crippen LogP contribution in [0.15, 0.2) is 5.16 Å². The van der Waals surface area contributed by atoms with Gasteiger partial charge in [0, 0.05) is 0 Å². The number of rotatable bonds is 2. The molecule has 4 nitrogen and oxygen atoms in total. The highest BCUT2D eigenvalue weighted by Gasteiger charge is 1.91. The largest absolute Gasteiger partial charge is 0.480 e. The number of nitrogens with zero attached hydrogens (tertiary/aromatic N) is 1. The van der Waals surface area contributed by atoms with E-state index in [9.17, 15) is 0 Å². The fourth-order valence-electron chi connectivity index (χ4n) is 0.233. The molecule has 0 aliphatic carbocycles. The van der Waals surface area contributed by atoms with Crippen LogP contribution < -0.4 is 0 Å². The normalized spacial score (nSPS) is 11.1. The predicted molar refractivity (Wildman–Crippen MR) is 28.5 cm³/mol. The molecule has 0 aromatic carbocycles. The Morgan fingerprint density at radius 1 is 1.62 bits per heavy atom. The van der Waals surface area contributed by atoms with Crippen molar-refractivity contribution in [2.24, 2.45) is 5.16 Å². The van der Waals surface area contributed by atoms with Gasteiger partial charge in [-0.15, -0.1) is 0 Å². The molecule has 0 saturated heterocycles. The fraction of sp³-hybridized carbons (Fsp3) is 0.750. The highest BCUT2D eigenvalue weighted by atomic mass is 16.6. The number of hydrogen-bond donors (Lipinski definition) is 1. The third-order valence-electron chi connectivity index (χ3n) is 0.564. The maximum atomic E-state index is 8.32. The van der Waals surface area contributed by atoms with Crippen LogP contribution in [0.2, 0.25) is 0 Å². The van der Waals surface area contributed by atoms with E-state index in [0.717, 1.165) is 0 Å². The van der Waals surface area contributed by atoms with Crippen molar-refractivity contribution in [3.05, 3.63) is 0 Å². The summed E-state index contributed by atoms with van der Waals surface area (Å²) in [5, 5.41) is 11.6. The number of oxime groups is 1. The van der Waals surface area contributed by atoms with Crippen LogP contribution in [-0.2, 0) is 9.57 Å². The van der Waals surface area contributed by atoms with Gasteiger partial charge in [0.25, 0.3) is 5.90 Å². The summed E-state index contributed by atoms with van der Waals surface area (Å²) in [5.74, 6) is 0.174. The highest BCUT2D eigenvalue weighted by molar-refractivity contribution is 5.76. The standard InChI is InChI=1S/C4H9NO3/c1-7-4(3-6)5-8-2/h6H,3H2,1-2H3. The van der Waals surface area contributed by atoms with Crippen molar-refractivity contribution >= 4 is 5.90 Å². The Balaban J connectivity index is 3.49. The Bertz CT molecular complexity index is 75.4. The van der Waals surface area contributed by atoms with Crippen LogP contribution in [0, 0.1) is 0 Å². The molecule has 0 radical (unpaired) electrons. The van der Waals surface area contributed by atoms with Gasteiger partial charge in [-0.05, 0) is 5.16 Å². The first-order valence-electron chi connectivity index (χ1n) is 2.10. The molecule has 0 aliphatic rings. The minimum absolute atomic E-state index is 0.174. The van der Waals surface area contributed by atoms with Gasteiger partial charge in [-0.2, -0.15) is 0 Å². The van der Waals surface area contributed by atoms with E-state index >= 15 is 0 Å². The van der Waals surface area contributed by atoms with Crippen LogP contribution in [-0.4, -0.2) is 31.8 Å². The Morgan fingerprint density at radius 3 is 2.38 bits per heavy atom. The molecule has 0 aliphatic heterocycles. The van der Waals surface area contributed by atoms with Crippen LogP contribution >= 0.6 is 0 Å². The lowest BCUT2D eigenvalue weighted by Crippen LogP contribution is -2.06. The molecule has 0 aromatic rings. The van der Waals surface area contributed by atoms with E-state index in [1.165, 1.54) is 14.2 Å². The van der Waals surface area contributed by atoms with E-state index in [1.54, 1.807) is 0 Å². The quantitative estimate of drug-likeness (QED) is 0.305. The highest BCUT2D eigenvalue weighted by Crippen LogP contribution is 1.77. The smallest absolute Gasteiger partial charge is 0.251 e. The van der Waals surface area contributed by atoms with Crippen molar-refractivity contribution < 1.29 is 14.7 Å². The first kappa shape index (κ1) is 7.23. The van der Waals surface area contributed by atoms with Gasteiger partial charge in [0.2, 0.25) is 0 Å². The van der Waals surface area contributed by atoms with E-state index in [1.807, 2.05) is 0 Å². The van der Waals surface area contributed by atoms with Crippen LogP contribution in [0.25, 0.3) is 0 Å². The molecule has 0 atom stereocenters. The van der Waals surface area contributed by atoms with Crippen LogP contribution in [0.5, 0.6) is 0 Å². The fourth-order valence-corrected chi connectivity index (χ4v) is 0.233. The number of methoxy groups -OCH3 is 1. The van der Waals surface area contributed by atoms with Crippen molar-refractivity contribution in [3.8, 4) is 0 Å². The molecule has 0 unspecified atom stereocenters. The molecule has 8 heavy (non-hydrogen) atoms. The molecular formula is C4H9NO3. The molecule has 0 rings (SSSR count). The summed E-state index contributed by atoms with van der Waals surface area (Å²) >= 11 is 0. The maximum Gasteiger partial charge on any atom is 0.251 e. The summed E-state index contributed by atoms with van der Waals surface area (Å²) in [6.07, 6.45) is 0. The average Bonchev–Trinajstić information content (AvgIpc) is 1.83. The molecular weight excluding hydrogens is 110 g/mol. The molecule has 1 N–H and O–H groups in total. The number of aliphatic hydroxyl groups is 1. The van der Waals surface area contributed by atoms with Gasteiger partial charge in [-0.25, -0.2) is 0 Å². The lowest BCUT2D eigenvalue weighted by Gasteiger charge is -1.96. The Kier molecular flexibility index (Phi) is 3.97. The van der Waals surface area contributed by atoms with Crippen LogP contribution in [0.4, 0.5) is 0 Å². The topological polar surface area (TPSA) is 51.0 Å². The van der Waals surface area contributed by atoms with Crippen LogP contribution in [0.3, 0.4) is 0 Å². The number of ether oxygens (including phenoxy) is 1. The lowest BCUT2D eigenvalue weighted by atomic mass is 10.7. The van der Waals surface area contributed by atoms with E-state index in [4.69, 9.17) is 5.11 Å². The van der Waals surface area contributed by atoms with Crippen molar-refractivity contribution in [2.75, 3.05) is 20.8 Å². The monoisotopic (exact) mass is 119 g/mol. The molecule has 48 valence electrons. The SMILES string of the molecule is CON=C(CO)OC. The zero-order valence-corrected chi connectivity index (χ0v) is 4.92. The Morgan fingerprint density at radius 2 is 2.25 bits per heavy atom. The molecule has 0 heterocycles. The zero-order valence-electron chi connectivity index (χ0n) is 4.92. The third kappa shape index (κ3) is 2.41. The van der Waals surface area contributed by atoms with E-state index in [2.05, 4.69) is 14.7 Å². The summed E-state index contributed by atoms with van der Waals surface area (Å²) in [7, 11) is 2.79. The van der Waals surface area contributed by atoms with Gasteiger partial charge in [0.15, 0.2) is 0 Å². The van der Waals surface area contributed by atoms with Gasteiger partial charge in [0.1, 0.15) is 13.7 Å². The van der Waals surface area contributed by atoms with Gasteiger partial charge in [0.05, 0.1) is 7.11 Å². The van der Waals surface area contributed by atoms with Gasteiger partial charge >= 0.3 is 0 Å². The van der Waals surface area contributed by atoms with Crippen LogP contribution in [0.1, 0.15) is 0 Å². The molecule has 0 spiro atoms. The summed E-state index contributed by atoms with van der Waals surface area (Å²) in [6.45, 7) is -0.232. The summed E-state index contributed by atoms with van der Waals surface area (Å²) in [5.41, 5.74) is 0. The molecule has 4 heteroatoms.